The van der Waals surface area contributed by atoms with Gasteiger partial charge in [0.15, 0.2) is 0 Å². The van der Waals surface area contributed by atoms with Crippen LogP contribution in [0.4, 0.5) is 11.4 Å². The first-order valence-electron chi connectivity index (χ1n) is 13.6. The summed E-state index contributed by atoms with van der Waals surface area (Å²) < 4.78 is 0. The number of aromatic nitrogens is 2. The average Bonchev–Trinajstić information content (AvgIpc) is 3.61. The van der Waals surface area contributed by atoms with Crippen LogP contribution in [-0.2, 0) is 0 Å². The largest absolute Gasteiger partial charge is 0.383 e. The highest BCUT2D eigenvalue weighted by atomic mass is 35.5. The standard InChI is InChI=1S/C32H31ClN8/c1-5-20-16-36-29-25(28(20)37-19-31(2,3)4)13-22(14-26(29)33)38-30(24-8-6-7-21-15-35-12-9-23(21)24)27-17-41(40-39-27)32(18-34)10-11-32/h1,6-9,12-17,30,38-40H,10-11,19H2,2-4H3,(H,36,37)/t30-/m0/s1. The number of terminal acetylenes is 1. The lowest BCUT2D eigenvalue weighted by Gasteiger charge is -2.24. The molecule has 3 heterocycles. The Morgan fingerprint density at radius 3 is 2.76 bits per heavy atom. The number of hydrazine groups is 2. The number of nitrogens with one attached hydrogen (secondary N) is 4. The molecule has 2 aromatic heterocycles. The van der Waals surface area contributed by atoms with E-state index < -0.39 is 5.54 Å². The van der Waals surface area contributed by atoms with Gasteiger partial charge in [0.1, 0.15) is 5.54 Å². The number of halogens is 1. The Hall–Kier alpha value is -4.50. The van der Waals surface area contributed by atoms with Gasteiger partial charge in [-0.05, 0) is 47.4 Å². The van der Waals surface area contributed by atoms with Crippen molar-refractivity contribution in [3.63, 3.8) is 0 Å². The van der Waals surface area contributed by atoms with E-state index in [1.54, 1.807) is 12.4 Å². The smallest absolute Gasteiger partial charge is 0.143 e. The molecule has 9 heteroatoms. The van der Waals surface area contributed by atoms with E-state index in [9.17, 15) is 5.26 Å². The molecule has 0 amide bonds. The molecule has 6 rings (SSSR count). The molecule has 1 saturated carbocycles. The van der Waals surface area contributed by atoms with E-state index in [-0.39, 0.29) is 11.5 Å². The summed E-state index contributed by atoms with van der Waals surface area (Å²) in [6, 6.07) is 14.2. The first-order chi connectivity index (χ1) is 19.7. The van der Waals surface area contributed by atoms with Crippen LogP contribution in [0.1, 0.15) is 50.8 Å². The zero-order chi connectivity index (χ0) is 28.8. The fraction of sp³-hybridized carbons (Fsp3) is 0.281. The highest BCUT2D eigenvalue weighted by Gasteiger charge is 2.50. The molecule has 0 unspecified atom stereocenters. The van der Waals surface area contributed by atoms with E-state index >= 15 is 0 Å². The normalized spacial score (nSPS) is 16.4. The number of hydrogen-bond donors (Lipinski definition) is 4. The third kappa shape index (κ3) is 5.09. The van der Waals surface area contributed by atoms with E-state index in [4.69, 9.17) is 18.0 Å². The maximum atomic E-state index is 9.78. The zero-order valence-electron chi connectivity index (χ0n) is 23.2. The molecule has 4 aromatic rings. The molecule has 0 saturated heterocycles. The van der Waals surface area contributed by atoms with Crippen molar-refractivity contribution in [3.8, 4) is 18.4 Å². The Labute approximate surface area is 244 Å². The van der Waals surface area contributed by atoms with E-state index in [1.165, 1.54) is 0 Å². The average molecular weight is 563 g/mol. The highest BCUT2D eigenvalue weighted by molar-refractivity contribution is 6.35. The predicted molar refractivity (Wildman–Crippen MR) is 165 cm³/mol. The number of anilines is 2. The molecule has 1 atom stereocenters. The summed E-state index contributed by atoms with van der Waals surface area (Å²) in [6.45, 7) is 7.23. The van der Waals surface area contributed by atoms with Crippen LogP contribution < -0.4 is 21.6 Å². The number of hydrogen-bond acceptors (Lipinski definition) is 8. The van der Waals surface area contributed by atoms with Gasteiger partial charge in [-0.15, -0.1) is 12.0 Å². The summed E-state index contributed by atoms with van der Waals surface area (Å²) in [5, 5.41) is 22.4. The van der Waals surface area contributed by atoms with Gasteiger partial charge in [0.25, 0.3) is 0 Å². The fourth-order valence-corrected chi connectivity index (χ4v) is 5.38. The van der Waals surface area contributed by atoms with Crippen molar-refractivity contribution in [3.05, 3.63) is 83.0 Å². The number of benzene rings is 2. The lowest BCUT2D eigenvalue weighted by Crippen LogP contribution is -2.44. The maximum Gasteiger partial charge on any atom is 0.143 e. The molecular formula is C32H31ClN8. The van der Waals surface area contributed by atoms with Gasteiger partial charge < -0.3 is 16.1 Å². The molecule has 2 aliphatic rings. The summed E-state index contributed by atoms with van der Waals surface area (Å²) >= 11 is 6.84. The van der Waals surface area contributed by atoms with Crippen LogP contribution >= 0.6 is 11.6 Å². The summed E-state index contributed by atoms with van der Waals surface area (Å²) in [5.41, 5.74) is 10.9. The van der Waals surface area contributed by atoms with Crippen LogP contribution in [0.3, 0.4) is 0 Å². The zero-order valence-corrected chi connectivity index (χ0v) is 24.0. The van der Waals surface area contributed by atoms with Crippen LogP contribution in [0.2, 0.25) is 5.02 Å². The van der Waals surface area contributed by atoms with Gasteiger partial charge >= 0.3 is 0 Å². The third-order valence-electron chi connectivity index (χ3n) is 7.51. The van der Waals surface area contributed by atoms with Crippen molar-refractivity contribution in [2.24, 2.45) is 5.41 Å². The number of nitrogens with zero attached hydrogens (tertiary/aromatic N) is 4. The van der Waals surface area contributed by atoms with Crippen molar-refractivity contribution in [1.29, 1.82) is 5.26 Å². The van der Waals surface area contributed by atoms with Crippen molar-refractivity contribution in [1.82, 2.24) is 25.9 Å². The lowest BCUT2D eigenvalue weighted by molar-refractivity contribution is 0.217. The van der Waals surface area contributed by atoms with E-state index in [0.717, 1.165) is 58.2 Å². The van der Waals surface area contributed by atoms with Gasteiger partial charge in [0.05, 0.1) is 39.6 Å². The monoisotopic (exact) mass is 562 g/mol. The molecule has 4 N–H and O–H groups in total. The van der Waals surface area contributed by atoms with Crippen LogP contribution in [0.25, 0.3) is 21.7 Å². The molecule has 41 heavy (non-hydrogen) atoms. The molecule has 2 aromatic carbocycles. The number of pyridine rings is 2. The second-order valence-electron chi connectivity index (χ2n) is 11.8. The van der Waals surface area contributed by atoms with Gasteiger partial charge in [0, 0.05) is 47.8 Å². The Balaban J connectivity index is 1.46. The molecule has 1 aliphatic carbocycles. The molecule has 0 radical (unpaired) electrons. The Morgan fingerprint density at radius 1 is 1.20 bits per heavy atom. The fourth-order valence-electron chi connectivity index (χ4n) is 5.12. The number of rotatable bonds is 7. The van der Waals surface area contributed by atoms with Crippen molar-refractivity contribution in [2.75, 3.05) is 17.2 Å². The lowest BCUT2D eigenvalue weighted by atomic mass is 9.96. The van der Waals surface area contributed by atoms with Crippen LogP contribution in [0, 0.1) is 29.1 Å². The number of nitriles is 1. The van der Waals surface area contributed by atoms with Gasteiger partial charge in [-0.3, -0.25) is 15.0 Å². The third-order valence-corrected chi connectivity index (χ3v) is 7.79. The minimum Gasteiger partial charge on any atom is -0.383 e. The number of fused-ring (bicyclic) bond motifs is 2. The molecule has 0 spiro atoms. The molecule has 8 nitrogen and oxygen atoms in total. The molecule has 206 valence electrons. The molecular weight excluding hydrogens is 532 g/mol. The first-order valence-corrected chi connectivity index (χ1v) is 13.9. The summed E-state index contributed by atoms with van der Waals surface area (Å²) in [4.78, 5) is 8.90. The minimum atomic E-state index is -0.529. The molecule has 1 fully saturated rings. The highest BCUT2D eigenvalue weighted by Crippen LogP contribution is 2.43. The van der Waals surface area contributed by atoms with Crippen molar-refractivity contribution >= 4 is 44.7 Å². The Morgan fingerprint density at radius 2 is 2.02 bits per heavy atom. The van der Waals surface area contributed by atoms with Crippen LogP contribution in [0.15, 0.2) is 66.9 Å². The minimum absolute atomic E-state index is 0.0390. The Bertz CT molecular complexity index is 1770. The second-order valence-corrected chi connectivity index (χ2v) is 12.2. The first kappa shape index (κ1) is 26.7. The Kier molecular flexibility index (Phi) is 6.62. The SMILES string of the molecule is C#Cc1cnc2c(Cl)cc(N[C@H](C3=CN(C4(C#N)CC4)NN3)c3cccc4cnccc34)cc2c1NCC(C)(C)C. The predicted octanol–water partition coefficient (Wildman–Crippen LogP) is 6.25. The quantitative estimate of drug-likeness (QED) is 0.196. The van der Waals surface area contributed by atoms with Gasteiger partial charge in [-0.1, -0.05) is 56.5 Å². The molecule has 1 aliphatic heterocycles. The van der Waals surface area contributed by atoms with Crippen LogP contribution in [-0.4, -0.2) is 27.1 Å². The van der Waals surface area contributed by atoms with Gasteiger partial charge in [0.2, 0.25) is 0 Å². The van der Waals surface area contributed by atoms with Crippen LogP contribution in [0.5, 0.6) is 0 Å². The molecule has 0 bridgehead atoms. The van der Waals surface area contributed by atoms with Gasteiger partial charge in [-0.25, -0.2) is 0 Å². The van der Waals surface area contributed by atoms with E-state index in [2.05, 4.69) is 70.4 Å². The maximum absolute atomic E-state index is 9.78. The van der Waals surface area contributed by atoms with E-state index in [1.807, 2.05) is 47.7 Å². The summed E-state index contributed by atoms with van der Waals surface area (Å²) in [7, 11) is 0. The topological polar surface area (TPSA) is 101 Å². The van der Waals surface area contributed by atoms with E-state index in [0.29, 0.717) is 16.1 Å². The van der Waals surface area contributed by atoms with Crippen molar-refractivity contribution in [2.45, 2.75) is 45.2 Å². The summed E-state index contributed by atoms with van der Waals surface area (Å²) in [5.74, 6) is 2.77. The van der Waals surface area contributed by atoms with Gasteiger partial charge in [-0.2, -0.15) is 5.26 Å². The second kappa shape index (κ2) is 10.2. The van der Waals surface area contributed by atoms with Crippen molar-refractivity contribution < 1.29 is 0 Å². The summed E-state index contributed by atoms with van der Waals surface area (Å²) in [6.07, 6.45) is 14.8.